The van der Waals surface area contributed by atoms with E-state index in [-0.39, 0.29) is 17.9 Å². The van der Waals surface area contributed by atoms with Crippen LogP contribution in [0.15, 0.2) is 30.3 Å². The quantitative estimate of drug-likeness (QED) is 0.756. The Morgan fingerprint density at radius 2 is 1.95 bits per heavy atom. The Labute approximate surface area is 111 Å². The average molecular weight is 262 g/mol. The van der Waals surface area contributed by atoms with E-state index in [4.69, 9.17) is 5.73 Å². The van der Waals surface area contributed by atoms with Crippen LogP contribution in [-0.2, 0) is 9.59 Å². The molecule has 2 unspecified atom stereocenters. The SMILES string of the molecule is NC1CCCC1C(=O)N[C@@H](C(=O)O)c1ccccc1. The van der Waals surface area contributed by atoms with E-state index in [9.17, 15) is 14.7 Å². The molecule has 0 aliphatic heterocycles. The first-order chi connectivity index (χ1) is 9.09. The van der Waals surface area contributed by atoms with Crippen molar-refractivity contribution in [3.8, 4) is 0 Å². The zero-order valence-corrected chi connectivity index (χ0v) is 10.6. The van der Waals surface area contributed by atoms with Crippen LogP contribution in [-0.4, -0.2) is 23.0 Å². The lowest BCUT2D eigenvalue weighted by molar-refractivity contribution is -0.142. The van der Waals surface area contributed by atoms with E-state index < -0.39 is 12.0 Å². The van der Waals surface area contributed by atoms with E-state index >= 15 is 0 Å². The number of carboxylic acids is 1. The third kappa shape index (κ3) is 3.12. The number of aliphatic carboxylic acids is 1. The summed E-state index contributed by atoms with van der Waals surface area (Å²) < 4.78 is 0. The third-order valence-electron chi connectivity index (χ3n) is 3.57. The van der Waals surface area contributed by atoms with Crippen LogP contribution in [0, 0.1) is 5.92 Å². The number of nitrogens with one attached hydrogen (secondary N) is 1. The number of benzene rings is 1. The Balaban J connectivity index is 2.09. The minimum absolute atomic E-state index is 0.162. The van der Waals surface area contributed by atoms with Gasteiger partial charge in [-0.3, -0.25) is 4.79 Å². The van der Waals surface area contributed by atoms with Gasteiger partial charge in [0, 0.05) is 6.04 Å². The minimum Gasteiger partial charge on any atom is -0.479 e. The lowest BCUT2D eigenvalue weighted by Crippen LogP contribution is -2.42. The van der Waals surface area contributed by atoms with Gasteiger partial charge in [-0.15, -0.1) is 0 Å². The van der Waals surface area contributed by atoms with Gasteiger partial charge in [0.2, 0.25) is 5.91 Å². The Morgan fingerprint density at radius 3 is 2.47 bits per heavy atom. The van der Waals surface area contributed by atoms with Crippen molar-refractivity contribution in [2.45, 2.75) is 31.3 Å². The summed E-state index contributed by atoms with van der Waals surface area (Å²) in [5.74, 6) is -1.60. The first-order valence-corrected chi connectivity index (χ1v) is 6.43. The lowest BCUT2D eigenvalue weighted by atomic mass is 10.0. The molecular formula is C14H18N2O3. The second-order valence-electron chi connectivity index (χ2n) is 4.89. The molecule has 1 aromatic carbocycles. The van der Waals surface area contributed by atoms with Gasteiger partial charge < -0.3 is 16.2 Å². The van der Waals surface area contributed by atoms with Crippen molar-refractivity contribution in [1.82, 2.24) is 5.32 Å². The smallest absolute Gasteiger partial charge is 0.330 e. The molecule has 19 heavy (non-hydrogen) atoms. The fraction of sp³-hybridized carbons (Fsp3) is 0.429. The summed E-state index contributed by atoms with van der Waals surface area (Å²) in [5, 5.41) is 11.8. The van der Waals surface area contributed by atoms with E-state index in [0.29, 0.717) is 5.56 Å². The minimum atomic E-state index is -1.06. The highest BCUT2D eigenvalue weighted by molar-refractivity contribution is 5.86. The number of hydrogen-bond acceptors (Lipinski definition) is 3. The molecule has 0 saturated heterocycles. The van der Waals surface area contributed by atoms with Gasteiger partial charge in [-0.25, -0.2) is 4.79 Å². The van der Waals surface area contributed by atoms with Crippen LogP contribution >= 0.6 is 0 Å². The first-order valence-electron chi connectivity index (χ1n) is 6.43. The molecule has 5 heteroatoms. The van der Waals surface area contributed by atoms with Gasteiger partial charge in [0.05, 0.1) is 5.92 Å². The molecule has 0 radical (unpaired) electrons. The van der Waals surface area contributed by atoms with Gasteiger partial charge in [-0.1, -0.05) is 36.8 Å². The monoisotopic (exact) mass is 262 g/mol. The van der Waals surface area contributed by atoms with Crippen LogP contribution in [0.3, 0.4) is 0 Å². The Hall–Kier alpha value is -1.88. The molecule has 4 N–H and O–H groups in total. The first kappa shape index (κ1) is 13.5. The molecular weight excluding hydrogens is 244 g/mol. The molecule has 0 heterocycles. The van der Waals surface area contributed by atoms with Gasteiger partial charge in [0.1, 0.15) is 0 Å². The molecule has 5 nitrogen and oxygen atoms in total. The van der Waals surface area contributed by atoms with Crippen LogP contribution in [0.5, 0.6) is 0 Å². The highest BCUT2D eigenvalue weighted by Crippen LogP contribution is 2.25. The van der Waals surface area contributed by atoms with E-state index in [2.05, 4.69) is 5.32 Å². The molecule has 1 amide bonds. The summed E-state index contributed by atoms with van der Waals surface area (Å²) >= 11 is 0. The number of carbonyl (C=O) groups is 2. The largest absolute Gasteiger partial charge is 0.479 e. The van der Waals surface area contributed by atoms with Crippen molar-refractivity contribution in [3.05, 3.63) is 35.9 Å². The van der Waals surface area contributed by atoms with Crippen molar-refractivity contribution in [1.29, 1.82) is 0 Å². The molecule has 0 bridgehead atoms. The number of carboxylic acid groups (broad SMARTS) is 1. The van der Waals surface area contributed by atoms with Crippen LogP contribution in [0.25, 0.3) is 0 Å². The van der Waals surface area contributed by atoms with Crippen LogP contribution in [0.4, 0.5) is 0 Å². The summed E-state index contributed by atoms with van der Waals surface area (Å²) in [6.45, 7) is 0. The number of amides is 1. The zero-order valence-electron chi connectivity index (χ0n) is 10.6. The Bertz CT molecular complexity index is 461. The van der Waals surface area contributed by atoms with Gasteiger partial charge in [0.15, 0.2) is 6.04 Å². The fourth-order valence-electron chi connectivity index (χ4n) is 2.50. The number of carbonyl (C=O) groups excluding carboxylic acids is 1. The predicted octanol–water partition coefficient (Wildman–Crippen LogP) is 1.06. The van der Waals surface area contributed by atoms with Gasteiger partial charge in [-0.05, 0) is 18.4 Å². The Kier molecular flexibility index (Phi) is 4.16. The zero-order chi connectivity index (χ0) is 13.8. The summed E-state index contributed by atoms with van der Waals surface area (Å²) in [7, 11) is 0. The molecule has 0 aromatic heterocycles. The predicted molar refractivity (Wildman–Crippen MR) is 70.3 cm³/mol. The number of rotatable bonds is 4. The topological polar surface area (TPSA) is 92.4 Å². The van der Waals surface area contributed by atoms with Crippen LogP contribution in [0.1, 0.15) is 30.9 Å². The summed E-state index contributed by atoms with van der Waals surface area (Å²) in [5.41, 5.74) is 6.43. The van der Waals surface area contributed by atoms with E-state index in [1.807, 2.05) is 0 Å². The van der Waals surface area contributed by atoms with E-state index in [1.54, 1.807) is 30.3 Å². The molecule has 1 aliphatic carbocycles. The maximum absolute atomic E-state index is 12.1. The van der Waals surface area contributed by atoms with Crippen molar-refractivity contribution >= 4 is 11.9 Å². The second kappa shape index (κ2) is 5.84. The van der Waals surface area contributed by atoms with E-state index in [0.717, 1.165) is 19.3 Å². The van der Waals surface area contributed by atoms with Crippen LogP contribution in [0.2, 0.25) is 0 Å². The fourth-order valence-corrected chi connectivity index (χ4v) is 2.50. The van der Waals surface area contributed by atoms with Crippen molar-refractivity contribution < 1.29 is 14.7 Å². The maximum atomic E-state index is 12.1. The molecule has 2 rings (SSSR count). The van der Waals surface area contributed by atoms with Gasteiger partial charge in [-0.2, -0.15) is 0 Å². The average Bonchev–Trinajstić information content (AvgIpc) is 2.82. The molecule has 0 spiro atoms. The van der Waals surface area contributed by atoms with Gasteiger partial charge in [0.25, 0.3) is 0 Å². The van der Waals surface area contributed by atoms with E-state index in [1.165, 1.54) is 0 Å². The second-order valence-corrected chi connectivity index (χ2v) is 4.89. The molecule has 1 saturated carbocycles. The number of hydrogen-bond donors (Lipinski definition) is 3. The summed E-state index contributed by atoms with van der Waals surface area (Å²) in [6.07, 6.45) is 2.47. The highest BCUT2D eigenvalue weighted by Gasteiger charge is 2.33. The molecule has 102 valence electrons. The lowest BCUT2D eigenvalue weighted by Gasteiger charge is -2.20. The highest BCUT2D eigenvalue weighted by atomic mass is 16.4. The number of nitrogens with two attached hydrogens (primary N) is 1. The maximum Gasteiger partial charge on any atom is 0.330 e. The third-order valence-corrected chi connectivity index (χ3v) is 3.57. The standard InChI is InChI=1S/C14H18N2O3/c15-11-8-4-7-10(11)13(17)16-12(14(18)19)9-5-2-1-3-6-9/h1-3,5-6,10-12H,4,7-8,15H2,(H,16,17)(H,18,19)/t10?,11?,12-/m1/s1. The van der Waals surface area contributed by atoms with Gasteiger partial charge >= 0.3 is 5.97 Å². The van der Waals surface area contributed by atoms with Crippen molar-refractivity contribution in [2.24, 2.45) is 11.7 Å². The van der Waals surface area contributed by atoms with Crippen LogP contribution < -0.4 is 11.1 Å². The molecule has 1 fully saturated rings. The van der Waals surface area contributed by atoms with Crippen molar-refractivity contribution in [3.63, 3.8) is 0 Å². The summed E-state index contributed by atoms with van der Waals surface area (Å²) in [4.78, 5) is 23.4. The molecule has 3 atom stereocenters. The van der Waals surface area contributed by atoms with Crippen molar-refractivity contribution in [2.75, 3.05) is 0 Å². The normalized spacial score (nSPS) is 23.8. The molecule has 1 aliphatic rings. The summed E-state index contributed by atoms with van der Waals surface area (Å²) in [6, 6.07) is 7.50. The Morgan fingerprint density at radius 1 is 1.26 bits per heavy atom. The molecule has 1 aromatic rings.